The zero-order valence-electron chi connectivity index (χ0n) is 19.9. The lowest BCUT2D eigenvalue weighted by molar-refractivity contribution is -0.0498. The summed E-state index contributed by atoms with van der Waals surface area (Å²) in [5.74, 6) is 0.752. The molecule has 0 unspecified atom stereocenters. The molecule has 2 N–H and O–H groups in total. The molecule has 8 nitrogen and oxygen atoms in total. The van der Waals surface area contributed by atoms with E-state index < -0.39 is 0 Å². The molecule has 3 aliphatic rings. The van der Waals surface area contributed by atoms with E-state index in [1.165, 1.54) is 25.9 Å². The highest BCUT2D eigenvalue weighted by Crippen LogP contribution is 2.46. The SMILES string of the molecule is CCOc1ncccc1-c1ccc(OC2CC3(CNC3)C2)c(C(=O)NC)n1.CN1CCCC1. The van der Waals surface area contributed by atoms with Crippen LogP contribution in [-0.2, 0) is 0 Å². The molecule has 0 radical (unpaired) electrons. The van der Waals surface area contributed by atoms with Gasteiger partial charge in [-0.2, -0.15) is 0 Å². The fraction of sp³-hybridized carbons (Fsp3) is 0.560. The van der Waals surface area contributed by atoms with Crippen molar-refractivity contribution in [3.63, 3.8) is 0 Å². The van der Waals surface area contributed by atoms with Gasteiger partial charge in [-0.3, -0.25) is 4.79 Å². The van der Waals surface area contributed by atoms with Gasteiger partial charge in [-0.25, -0.2) is 9.97 Å². The monoisotopic (exact) mass is 453 g/mol. The van der Waals surface area contributed by atoms with Crippen LogP contribution in [0.2, 0.25) is 0 Å². The maximum absolute atomic E-state index is 12.4. The Bertz CT molecular complexity index is 949. The van der Waals surface area contributed by atoms with Crippen molar-refractivity contribution in [2.75, 3.05) is 46.9 Å². The molecule has 178 valence electrons. The Hall–Kier alpha value is -2.71. The third-order valence-electron chi connectivity index (χ3n) is 6.57. The fourth-order valence-corrected chi connectivity index (χ4v) is 4.62. The molecule has 2 aromatic heterocycles. The van der Waals surface area contributed by atoms with Crippen LogP contribution in [0.1, 0.15) is 43.1 Å². The number of likely N-dealkylation sites (tertiary alicyclic amines) is 1. The predicted octanol–water partition coefficient (Wildman–Crippen LogP) is 2.74. The maximum atomic E-state index is 12.4. The van der Waals surface area contributed by atoms with Gasteiger partial charge in [0.05, 0.1) is 17.9 Å². The maximum Gasteiger partial charge on any atom is 0.273 e. The van der Waals surface area contributed by atoms with Crippen molar-refractivity contribution in [1.29, 1.82) is 0 Å². The van der Waals surface area contributed by atoms with Gasteiger partial charge in [0.2, 0.25) is 5.88 Å². The zero-order valence-corrected chi connectivity index (χ0v) is 19.9. The molecule has 2 aliphatic heterocycles. The topological polar surface area (TPSA) is 88.6 Å². The van der Waals surface area contributed by atoms with Gasteiger partial charge in [-0.1, -0.05) is 0 Å². The molecule has 0 bridgehead atoms. The summed E-state index contributed by atoms with van der Waals surface area (Å²) in [7, 11) is 3.77. The zero-order chi connectivity index (χ0) is 23.3. The molecule has 4 heterocycles. The summed E-state index contributed by atoms with van der Waals surface area (Å²) >= 11 is 0. The van der Waals surface area contributed by atoms with Gasteiger partial charge in [-0.05, 0) is 77.0 Å². The van der Waals surface area contributed by atoms with Crippen LogP contribution in [0.15, 0.2) is 30.5 Å². The second kappa shape index (κ2) is 10.5. The Morgan fingerprint density at radius 2 is 2.00 bits per heavy atom. The number of ether oxygens (including phenoxy) is 2. The van der Waals surface area contributed by atoms with E-state index in [2.05, 4.69) is 32.5 Å². The van der Waals surface area contributed by atoms with Gasteiger partial charge < -0.3 is 25.0 Å². The number of aromatic nitrogens is 2. The summed E-state index contributed by atoms with van der Waals surface area (Å²) in [5, 5.41) is 5.97. The smallest absolute Gasteiger partial charge is 0.273 e. The van der Waals surface area contributed by atoms with Crippen molar-refractivity contribution in [2.45, 2.75) is 38.7 Å². The molecule has 2 saturated heterocycles. The van der Waals surface area contributed by atoms with Crippen LogP contribution in [0, 0.1) is 5.41 Å². The van der Waals surface area contributed by atoms with E-state index in [4.69, 9.17) is 9.47 Å². The minimum atomic E-state index is -0.270. The number of amides is 1. The molecule has 3 fully saturated rings. The van der Waals surface area contributed by atoms with E-state index in [-0.39, 0.29) is 17.7 Å². The second-order valence-electron chi connectivity index (χ2n) is 9.17. The first-order valence-corrected chi connectivity index (χ1v) is 11.9. The highest BCUT2D eigenvalue weighted by Gasteiger charge is 2.49. The van der Waals surface area contributed by atoms with E-state index in [0.717, 1.165) is 31.5 Å². The average molecular weight is 454 g/mol. The Labute approximate surface area is 196 Å². The highest BCUT2D eigenvalue weighted by molar-refractivity contribution is 5.95. The Morgan fingerprint density at radius 3 is 2.58 bits per heavy atom. The first-order chi connectivity index (χ1) is 16.0. The Kier molecular flexibility index (Phi) is 7.45. The van der Waals surface area contributed by atoms with Crippen LogP contribution in [0.4, 0.5) is 0 Å². The molecular formula is C25H35N5O3. The quantitative estimate of drug-likeness (QED) is 0.695. The summed E-state index contributed by atoms with van der Waals surface area (Å²) in [4.78, 5) is 23.6. The van der Waals surface area contributed by atoms with Gasteiger partial charge >= 0.3 is 0 Å². The largest absolute Gasteiger partial charge is 0.488 e. The van der Waals surface area contributed by atoms with Crippen molar-refractivity contribution in [3.8, 4) is 22.9 Å². The summed E-state index contributed by atoms with van der Waals surface area (Å²) in [5.41, 5.74) is 2.08. The number of carbonyl (C=O) groups excluding carboxylic acids is 1. The van der Waals surface area contributed by atoms with Gasteiger partial charge in [0.1, 0.15) is 6.10 Å². The molecule has 5 rings (SSSR count). The van der Waals surface area contributed by atoms with E-state index in [9.17, 15) is 4.79 Å². The summed E-state index contributed by atoms with van der Waals surface area (Å²) in [6, 6.07) is 7.37. The molecule has 0 aromatic carbocycles. The van der Waals surface area contributed by atoms with Crippen molar-refractivity contribution >= 4 is 5.91 Å². The molecule has 1 saturated carbocycles. The molecule has 33 heavy (non-hydrogen) atoms. The number of nitrogens with one attached hydrogen (secondary N) is 2. The molecule has 0 atom stereocenters. The minimum Gasteiger partial charge on any atom is -0.488 e. The summed E-state index contributed by atoms with van der Waals surface area (Å²) in [6.07, 6.45) is 6.68. The number of hydrogen-bond acceptors (Lipinski definition) is 7. The number of nitrogens with zero attached hydrogens (tertiary/aromatic N) is 3. The summed E-state index contributed by atoms with van der Waals surface area (Å²) in [6.45, 7) is 7.18. The van der Waals surface area contributed by atoms with Crippen LogP contribution in [0.25, 0.3) is 11.3 Å². The number of carbonyl (C=O) groups is 1. The van der Waals surface area contributed by atoms with Crippen LogP contribution < -0.4 is 20.1 Å². The lowest BCUT2D eigenvalue weighted by atomic mass is 9.63. The molecule has 8 heteroatoms. The van der Waals surface area contributed by atoms with Crippen LogP contribution in [0.5, 0.6) is 11.6 Å². The van der Waals surface area contributed by atoms with Crippen LogP contribution in [0.3, 0.4) is 0 Å². The van der Waals surface area contributed by atoms with E-state index in [1.807, 2.05) is 31.2 Å². The van der Waals surface area contributed by atoms with Crippen LogP contribution >= 0.6 is 0 Å². The Morgan fingerprint density at radius 1 is 1.24 bits per heavy atom. The second-order valence-corrected chi connectivity index (χ2v) is 9.17. The van der Waals surface area contributed by atoms with Crippen molar-refractivity contribution in [3.05, 3.63) is 36.2 Å². The summed E-state index contributed by atoms with van der Waals surface area (Å²) < 4.78 is 11.7. The van der Waals surface area contributed by atoms with E-state index in [0.29, 0.717) is 29.3 Å². The first-order valence-electron chi connectivity index (χ1n) is 11.9. The number of pyridine rings is 2. The number of hydrogen-bond donors (Lipinski definition) is 2. The van der Waals surface area contributed by atoms with E-state index >= 15 is 0 Å². The Balaban J connectivity index is 0.000000376. The van der Waals surface area contributed by atoms with Crippen molar-refractivity contribution in [2.24, 2.45) is 5.41 Å². The van der Waals surface area contributed by atoms with Crippen molar-refractivity contribution < 1.29 is 14.3 Å². The molecular weight excluding hydrogens is 418 g/mol. The average Bonchev–Trinajstić information content (AvgIpc) is 3.26. The van der Waals surface area contributed by atoms with Gasteiger partial charge in [0.15, 0.2) is 11.4 Å². The van der Waals surface area contributed by atoms with Gasteiger partial charge in [-0.15, -0.1) is 0 Å². The molecule has 2 aromatic rings. The molecule has 1 spiro atoms. The normalized spacial score (nSPS) is 19.1. The lowest BCUT2D eigenvalue weighted by Gasteiger charge is -2.53. The first kappa shape index (κ1) is 23.4. The predicted molar refractivity (Wildman–Crippen MR) is 128 cm³/mol. The third-order valence-corrected chi connectivity index (χ3v) is 6.57. The van der Waals surface area contributed by atoms with E-state index in [1.54, 1.807) is 13.2 Å². The van der Waals surface area contributed by atoms with Crippen molar-refractivity contribution in [1.82, 2.24) is 25.5 Å². The lowest BCUT2D eigenvalue weighted by Crippen LogP contribution is -2.62. The standard InChI is InChI=1S/C20H24N4O3.C5H11N/c1-3-26-19-14(5-4-8-23-19)15-6-7-16(17(24-15)18(25)21-2)27-13-9-20(10-13)11-22-12-20;1-6-4-2-3-5-6/h4-8,13,22H,3,9-12H2,1-2H3,(H,21,25);2-5H2,1H3. The highest BCUT2D eigenvalue weighted by atomic mass is 16.5. The molecule has 1 aliphatic carbocycles. The fourth-order valence-electron chi connectivity index (χ4n) is 4.62. The minimum absolute atomic E-state index is 0.139. The molecule has 1 amide bonds. The van der Waals surface area contributed by atoms with Gasteiger partial charge in [0, 0.05) is 31.7 Å². The third kappa shape index (κ3) is 5.45. The number of rotatable bonds is 6. The van der Waals surface area contributed by atoms with Gasteiger partial charge in [0.25, 0.3) is 5.91 Å². The van der Waals surface area contributed by atoms with Crippen LogP contribution in [-0.4, -0.2) is 73.8 Å².